The van der Waals surface area contributed by atoms with Gasteiger partial charge in [-0.1, -0.05) is 10.3 Å². The van der Waals surface area contributed by atoms with E-state index in [0.29, 0.717) is 22.8 Å². The van der Waals surface area contributed by atoms with Crippen molar-refractivity contribution >= 4 is 5.91 Å². The molecule has 0 saturated carbocycles. The van der Waals surface area contributed by atoms with Crippen LogP contribution in [0.2, 0.25) is 0 Å². The average Bonchev–Trinajstić information content (AvgIpc) is 3.14. The molecule has 0 aromatic carbocycles. The van der Waals surface area contributed by atoms with E-state index in [1.54, 1.807) is 37.5 Å². The summed E-state index contributed by atoms with van der Waals surface area (Å²) in [6.45, 7) is 1.90. The normalized spacial score (nSPS) is 10.5. The van der Waals surface area contributed by atoms with Crippen molar-refractivity contribution in [3.05, 3.63) is 47.8 Å². The molecule has 8 nitrogen and oxygen atoms in total. The predicted molar refractivity (Wildman–Crippen MR) is 69.9 cm³/mol. The third kappa shape index (κ3) is 2.94. The lowest BCUT2D eigenvalue weighted by molar-refractivity contribution is 0.0946. The first-order valence-electron chi connectivity index (χ1n) is 6.17. The van der Waals surface area contributed by atoms with Gasteiger partial charge in [0.25, 0.3) is 5.91 Å². The van der Waals surface area contributed by atoms with Crippen LogP contribution < -0.4 is 5.32 Å². The summed E-state index contributed by atoms with van der Waals surface area (Å²) < 4.78 is 9.98. The lowest BCUT2D eigenvalue weighted by Crippen LogP contribution is -2.22. The number of carbonyl (C=O) groups is 1. The molecule has 0 spiro atoms. The number of nitrogens with zero attached hydrogens (tertiary/aromatic N) is 4. The van der Waals surface area contributed by atoms with Crippen molar-refractivity contribution in [3.63, 3.8) is 0 Å². The zero-order valence-electron chi connectivity index (χ0n) is 11.1. The molecule has 1 amide bonds. The van der Waals surface area contributed by atoms with E-state index in [1.807, 2.05) is 0 Å². The maximum absolute atomic E-state index is 11.8. The molecule has 0 atom stereocenters. The Morgan fingerprint density at radius 3 is 2.76 bits per heavy atom. The first kappa shape index (κ1) is 13.0. The summed E-state index contributed by atoms with van der Waals surface area (Å²) >= 11 is 0. The van der Waals surface area contributed by atoms with Crippen LogP contribution in [0.4, 0.5) is 0 Å². The summed E-state index contributed by atoms with van der Waals surface area (Å²) in [5, 5.41) is 10.2. The highest BCUT2D eigenvalue weighted by Gasteiger charge is 2.13. The first-order valence-corrected chi connectivity index (χ1v) is 6.17. The maximum atomic E-state index is 11.8. The molecule has 0 aliphatic carbocycles. The Labute approximate surface area is 119 Å². The van der Waals surface area contributed by atoms with Crippen molar-refractivity contribution in [1.82, 2.24) is 25.6 Å². The Bertz CT molecular complexity index is 750. The molecule has 0 unspecified atom stereocenters. The molecule has 3 rings (SSSR count). The van der Waals surface area contributed by atoms with Crippen molar-refractivity contribution in [1.29, 1.82) is 0 Å². The lowest BCUT2D eigenvalue weighted by atomic mass is 10.2. The van der Waals surface area contributed by atoms with Crippen LogP contribution in [0.1, 0.15) is 22.0 Å². The van der Waals surface area contributed by atoms with Gasteiger partial charge in [-0.3, -0.25) is 9.78 Å². The van der Waals surface area contributed by atoms with Crippen molar-refractivity contribution in [2.75, 3.05) is 0 Å². The largest absolute Gasteiger partial charge is 0.361 e. The average molecular weight is 285 g/mol. The van der Waals surface area contributed by atoms with Crippen LogP contribution in [0, 0.1) is 6.92 Å². The third-order valence-corrected chi connectivity index (χ3v) is 2.67. The molecule has 3 aromatic heterocycles. The number of hydrogen-bond acceptors (Lipinski definition) is 7. The molecule has 0 saturated heterocycles. The summed E-state index contributed by atoms with van der Waals surface area (Å²) in [5.41, 5.74) is 1.000. The number of hydrogen-bond donors (Lipinski definition) is 1. The Morgan fingerprint density at radius 1 is 1.24 bits per heavy atom. The van der Waals surface area contributed by atoms with Crippen molar-refractivity contribution in [2.24, 2.45) is 0 Å². The van der Waals surface area contributed by atoms with Gasteiger partial charge in [-0.25, -0.2) is 0 Å². The molecule has 0 radical (unpaired) electrons. The van der Waals surface area contributed by atoms with Gasteiger partial charge < -0.3 is 14.4 Å². The van der Waals surface area contributed by atoms with E-state index in [9.17, 15) is 4.79 Å². The standard InChI is InChI=1S/C13H11N5O3/c1-8-6-10(17-20-8)12-16-11(21-18-12)7-15-13(19)9-2-4-14-5-3-9/h2-6H,7H2,1H3,(H,15,19). The van der Waals surface area contributed by atoms with Gasteiger partial charge in [0.05, 0.1) is 6.54 Å². The molecule has 0 aliphatic rings. The fourth-order valence-electron chi connectivity index (χ4n) is 1.66. The van der Waals surface area contributed by atoms with E-state index in [4.69, 9.17) is 9.05 Å². The quantitative estimate of drug-likeness (QED) is 0.771. The molecule has 1 N–H and O–H groups in total. The third-order valence-electron chi connectivity index (χ3n) is 2.67. The highest BCUT2D eigenvalue weighted by Crippen LogP contribution is 2.15. The van der Waals surface area contributed by atoms with Gasteiger partial charge in [0.1, 0.15) is 5.76 Å². The Balaban J connectivity index is 1.64. The molecule has 21 heavy (non-hydrogen) atoms. The van der Waals surface area contributed by atoms with E-state index in [2.05, 4.69) is 25.6 Å². The van der Waals surface area contributed by atoms with Gasteiger partial charge in [0, 0.05) is 24.0 Å². The fourth-order valence-corrected chi connectivity index (χ4v) is 1.66. The minimum atomic E-state index is -0.241. The molecule has 0 bridgehead atoms. The van der Waals surface area contributed by atoms with Crippen LogP contribution >= 0.6 is 0 Å². The lowest BCUT2D eigenvalue weighted by Gasteiger charge is -2.00. The van der Waals surface area contributed by atoms with Crippen molar-refractivity contribution in [2.45, 2.75) is 13.5 Å². The predicted octanol–water partition coefficient (Wildman–Crippen LogP) is 1.36. The van der Waals surface area contributed by atoms with Gasteiger partial charge in [-0.05, 0) is 19.1 Å². The minimum Gasteiger partial charge on any atom is -0.361 e. The van der Waals surface area contributed by atoms with Gasteiger partial charge in [-0.2, -0.15) is 4.98 Å². The molecular formula is C13H11N5O3. The first-order chi connectivity index (χ1) is 10.2. The Morgan fingerprint density at radius 2 is 2.05 bits per heavy atom. The van der Waals surface area contributed by atoms with Gasteiger partial charge in [-0.15, -0.1) is 0 Å². The Kier molecular flexibility index (Phi) is 3.42. The van der Waals surface area contributed by atoms with Gasteiger partial charge in [0.2, 0.25) is 11.7 Å². The topological polar surface area (TPSA) is 107 Å². The summed E-state index contributed by atoms with van der Waals surface area (Å²) in [7, 11) is 0. The van der Waals surface area contributed by atoms with Crippen LogP contribution in [0.25, 0.3) is 11.5 Å². The van der Waals surface area contributed by atoms with Crippen LogP contribution in [-0.4, -0.2) is 26.2 Å². The second-order valence-electron chi connectivity index (χ2n) is 4.25. The van der Waals surface area contributed by atoms with E-state index in [-0.39, 0.29) is 18.3 Å². The highest BCUT2D eigenvalue weighted by atomic mass is 16.5. The van der Waals surface area contributed by atoms with E-state index in [0.717, 1.165) is 0 Å². The van der Waals surface area contributed by atoms with E-state index >= 15 is 0 Å². The molecule has 0 fully saturated rings. The summed E-state index contributed by atoms with van der Waals surface area (Å²) in [6.07, 6.45) is 3.10. The highest BCUT2D eigenvalue weighted by molar-refractivity contribution is 5.93. The van der Waals surface area contributed by atoms with Crippen LogP contribution in [0.5, 0.6) is 0 Å². The number of amides is 1. The minimum absolute atomic E-state index is 0.130. The second kappa shape index (κ2) is 5.53. The Hall–Kier alpha value is -3.03. The van der Waals surface area contributed by atoms with Crippen LogP contribution in [0.3, 0.4) is 0 Å². The van der Waals surface area contributed by atoms with Crippen molar-refractivity contribution < 1.29 is 13.8 Å². The summed E-state index contributed by atoms with van der Waals surface area (Å²) in [4.78, 5) is 19.8. The SMILES string of the molecule is Cc1cc(-c2noc(CNC(=O)c3ccncc3)n2)no1. The molecule has 3 aromatic rings. The number of carbonyl (C=O) groups excluding carboxylic acids is 1. The zero-order valence-corrected chi connectivity index (χ0v) is 11.1. The molecule has 3 heterocycles. The number of rotatable bonds is 4. The molecule has 106 valence electrons. The summed E-state index contributed by atoms with van der Waals surface area (Å²) in [5.74, 6) is 1.02. The van der Waals surface area contributed by atoms with Crippen LogP contribution in [0.15, 0.2) is 39.6 Å². The van der Waals surface area contributed by atoms with Gasteiger partial charge >= 0.3 is 0 Å². The second-order valence-corrected chi connectivity index (χ2v) is 4.25. The molecular weight excluding hydrogens is 274 g/mol. The monoisotopic (exact) mass is 285 g/mol. The molecule has 8 heteroatoms. The maximum Gasteiger partial charge on any atom is 0.251 e. The summed E-state index contributed by atoms with van der Waals surface area (Å²) in [6, 6.07) is 4.93. The van der Waals surface area contributed by atoms with Gasteiger partial charge in [0.15, 0.2) is 5.69 Å². The molecule has 0 aliphatic heterocycles. The zero-order chi connectivity index (χ0) is 14.7. The van der Waals surface area contributed by atoms with E-state index in [1.165, 1.54) is 0 Å². The smallest absolute Gasteiger partial charge is 0.251 e. The number of pyridine rings is 1. The number of aromatic nitrogens is 4. The van der Waals surface area contributed by atoms with Crippen LogP contribution in [-0.2, 0) is 6.54 Å². The van der Waals surface area contributed by atoms with Crippen molar-refractivity contribution in [3.8, 4) is 11.5 Å². The fraction of sp³-hybridized carbons (Fsp3) is 0.154. The van der Waals surface area contributed by atoms with E-state index < -0.39 is 0 Å². The number of nitrogens with one attached hydrogen (secondary N) is 1. The number of aryl methyl sites for hydroxylation is 1.